The zero-order valence-corrected chi connectivity index (χ0v) is 28.2. The van der Waals surface area contributed by atoms with E-state index >= 15 is 0 Å². The summed E-state index contributed by atoms with van der Waals surface area (Å²) in [6.45, 7) is 4.46. The Bertz CT molecular complexity index is 2530. The zero-order valence-electron chi connectivity index (χ0n) is 28.2. The molecule has 3 heteroatoms. The van der Waals surface area contributed by atoms with E-state index in [1.54, 1.807) is 6.20 Å². The summed E-state index contributed by atoms with van der Waals surface area (Å²) in [5, 5.41) is 5.04. The fraction of sp³-hybridized carbons (Fsp3) is 0.0208. The molecule has 242 valence electrons. The predicted octanol–water partition coefficient (Wildman–Crippen LogP) is 12.1. The van der Waals surface area contributed by atoms with Gasteiger partial charge in [0, 0.05) is 23.5 Å². The average Bonchev–Trinajstić information content (AvgIpc) is 3.22. The lowest BCUT2D eigenvalue weighted by molar-refractivity contribution is 1.07. The summed E-state index contributed by atoms with van der Waals surface area (Å²) >= 11 is 0. The Hall–Kier alpha value is -6.71. The Morgan fingerprint density at radius 2 is 1.20 bits per heavy atom. The fourth-order valence-electron chi connectivity index (χ4n) is 6.68. The molecule has 0 saturated carbocycles. The van der Waals surface area contributed by atoms with Crippen molar-refractivity contribution in [3.05, 3.63) is 205 Å². The molecule has 8 aromatic rings. The van der Waals surface area contributed by atoms with Crippen molar-refractivity contribution in [2.24, 2.45) is 9.98 Å². The molecule has 0 fully saturated rings. The Labute approximate surface area is 298 Å². The second-order valence-electron chi connectivity index (χ2n) is 12.5. The molecule has 0 aliphatic rings. The third kappa shape index (κ3) is 6.79. The van der Waals surface area contributed by atoms with Gasteiger partial charge in [0.25, 0.3) is 0 Å². The van der Waals surface area contributed by atoms with Gasteiger partial charge >= 0.3 is 0 Å². The number of hydrogen-bond acceptors (Lipinski definition) is 3. The first-order chi connectivity index (χ1) is 25.2. The van der Waals surface area contributed by atoms with Crippen LogP contribution < -0.4 is 0 Å². The molecule has 0 aliphatic carbocycles. The summed E-state index contributed by atoms with van der Waals surface area (Å²) in [6.07, 6.45) is 5.71. The SMILES string of the molecule is C=N/C(=C\C(=NCc1ccc(-c2cc3ccccc3c3ccccc23)cc1)c1cccc(-c2ccccc2)c1)c1ccc(-c2cccnc2)cc1. The summed E-state index contributed by atoms with van der Waals surface area (Å²) in [5.41, 5.74) is 11.6. The van der Waals surface area contributed by atoms with Crippen LogP contribution in [0.15, 0.2) is 198 Å². The number of aliphatic imine (C=N–C) groups is 2. The fourth-order valence-corrected chi connectivity index (χ4v) is 6.68. The van der Waals surface area contributed by atoms with E-state index in [2.05, 4.69) is 174 Å². The number of allylic oxidation sites excluding steroid dienone is 1. The monoisotopic (exact) mass is 653 g/mol. The predicted molar refractivity (Wildman–Crippen MR) is 216 cm³/mol. The van der Waals surface area contributed by atoms with Crippen molar-refractivity contribution in [1.82, 2.24) is 4.98 Å². The van der Waals surface area contributed by atoms with Crippen molar-refractivity contribution in [3.8, 4) is 33.4 Å². The van der Waals surface area contributed by atoms with Crippen LogP contribution in [-0.4, -0.2) is 17.4 Å². The van der Waals surface area contributed by atoms with Crippen molar-refractivity contribution in [3.63, 3.8) is 0 Å². The normalized spacial score (nSPS) is 11.9. The Kier molecular flexibility index (Phi) is 8.92. The largest absolute Gasteiger partial charge is 0.280 e. The van der Waals surface area contributed by atoms with Crippen molar-refractivity contribution in [2.45, 2.75) is 6.54 Å². The number of benzene rings is 7. The van der Waals surface area contributed by atoms with E-state index in [9.17, 15) is 0 Å². The van der Waals surface area contributed by atoms with E-state index in [0.717, 1.165) is 50.4 Å². The van der Waals surface area contributed by atoms with Gasteiger partial charge in [0.1, 0.15) is 0 Å². The maximum Gasteiger partial charge on any atom is 0.0716 e. The van der Waals surface area contributed by atoms with E-state index in [1.807, 2.05) is 24.4 Å². The van der Waals surface area contributed by atoms with Crippen LogP contribution in [0.1, 0.15) is 16.7 Å². The first kappa shape index (κ1) is 31.6. The molecule has 0 radical (unpaired) electrons. The Balaban J connectivity index is 1.15. The summed E-state index contributed by atoms with van der Waals surface area (Å²) in [5.74, 6) is 0. The van der Waals surface area contributed by atoms with Crippen LogP contribution in [0.3, 0.4) is 0 Å². The molecule has 0 amide bonds. The van der Waals surface area contributed by atoms with E-state index in [0.29, 0.717) is 6.54 Å². The van der Waals surface area contributed by atoms with Crippen LogP contribution in [0.2, 0.25) is 0 Å². The number of hydrogen-bond donors (Lipinski definition) is 0. The number of fused-ring (bicyclic) bond motifs is 3. The minimum Gasteiger partial charge on any atom is -0.280 e. The smallest absolute Gasteiger partial charge is 0.0716 e. The minimum atomic E-state index is 0.518. The molecule has 0 unspecified atom stereocenters. The second-order valence-corrected chi connectivity index (χ2v) is 12.5. The quantitative estimate of drug-likeness (QED) is 0.113. The van der Waals surface area contributed by atoms with Gasteiger partial charge in [-0.2, -0.15) is 0 Å². The van der Waals surface area contributed by atoms with Crippen molar-refractivity contribution < 1.29 is 0 Å². The lowest BCUT2D eigenvalue weighted by atomic mass is 9.93. The maximum absolute atomic E-state index is 5.21. The van der Waals surface area contributed by atoms with E-state index in [-0.39, 0.29) is 0 Å². The number of pyridine rings is 1. The molecule has 51 heavy (non-hydrogen) atoms. The zero-order chi connectivity index (χ0) is 34.4. The van der Waals surface area contributed by atoms with Crippen LogP contribution in [-0.2, 0) is 6.54 Å². The maximum atomic E-state index is 5.21. The lowest BCUT2D eigenvalue weighted by Crippen LogP contribution is -2.00. The van der Waals surface area contributed by atoms with Gasteiger partial charge in [0.2, 0.25) is 0 Å². The van der Waals surface area contributed by atoms with Crippen LogP contribution >= 0.6 is 0 Å². The van der Waals surface area contributed by atoms with Crippen LogP contribution in [0, 0.1) is 0 Å². The van der Waals surface area contributed by atoms with Gasteiger partial charge in [-0.25, -0.2) is 0 Å². The molecule has 0 aliphatic heterocycles. The molecule has 0 atom stereocenters. The number of nitrogens with zero attached hydrogens (tertiary/aromatic N) is 3. The third-order valence-corrected chi connectivity index (χ3v) is 9.35. The third-order valence-electron chi connectivity index (χ3n) is 9.35. The molecule has 3 nitrogen and oxygen atoms in total. The van der Waals surface area contributed by atoms with Gasteiger partial charge in [0.05, 0.1) is 18.0 Å². The van der Waals surface area contributed by atoms with Gasteiger partial charge in [-0.1, -0.05) is 152 Å². The summed E-state index contributed by atoms with van der Waals surface area (Å²) < 4.78 is 0. The topological polar surface area (TPSA) is 37.6 Å². The molecule has 1 aromatic heterocycles. The van der Waals surface area contributed by atoms with E-state index in [1.165, 1.54) is 32.7 Å². The van der Waals surface area contributed by atoms with Crippen LogP contribution in [0.4, 0.5) is 0 Å². The molecule has 0 N–H and O–H groups in total. The van der Waals surface area contributed by atoms with Gasteiger partial charge in [0.15, 0.2) is 0 Å². The highest BCUT2D eigenvalue weighted by Crippen LogP contribution is 2.35. The summed E-state index contributed by atoms with van der Waals surface area (Å²) in [7, 11) is 0. The molecule has 7 aromatic carbocycles. The molecule has 0 saturated heterocycles. The minimum absolute atomic E-state index is 0.518. The van der Waals surface area contributed by atoms with Crippen LogP contribution in [0.5, 0.6) is 0 Å². The highest BCUT2D eigenvalue weighted by molar-refractivity contribution is 6.14. The van der Waals surface area contributed by atoms with E-state index < -0.39 is 0 Å². The van der Waals surface area contributed by atoms with Crippen molar-refractivity contribution >= 4 is 39.7 Å². The average molecular weight is 654 g/mol. The van der Waals surface area contributed by atoms with Gasteiger partial charge in [-0.3, -0.25) is 15.0 Å². The van der Waals surface area contributed by atoms with Gasteiger partial charge in [-0.15, -0.1) is 0 Å². The first-order valence-electron chi connectivity index (χ1n) is 17.1. The summed E-state index contributed by atoms with van der Waals surface area (Å²) in [6, 6.07) is 59.7. The Morgan fingerprint density at radius 1 is 0.529 bits per heavy atom. The van der Waals surface area contributed by atoms with Gasteiger partial charge in [-0.05, 0) is 91.5 Å². The molecule has 0 spiro atoms. The van der Waals surface area contributed by atoms with E-state index in [4.69, 9.17) is 4.99 Å². The Morgan fingerprint density at radius 3 is 1.96 bits per heavy atom. The van der Waals surface area contributed by atoms with Gasteiger partial charge < -0.3 is 0 Å². The summed E-state index contributed by atoms with van der Waals surface area (Å²) in [4.78, 5) is 14.0. The molecule has 0 bridgehead atoms. The highest BCUT2D eigenvalue weighted by atomic mass is 14.8. The standard InChI is InChI=1S/C48H35N3/c1-49-47(38-26-24-36(25-27-38)42-16-10-28-50-33-42)31-48(41-15-9-14-39(29-41)35-11-3-2-4-12-35)51-32-34-20-22-37(23-21-34)46-30-40-13-5-6-17-43(40)44-18-7-8-19-45(44)46/h2-31,33H,1,32H2/b47-31-,51-48?. The lowest BCUT2D eigenvalue weighted by Gasteiger charge is -2.12. The van der Waals surface area contributed by atoms with Crippen molar-refractivity contribution in [2.75, 3.05) is 0 Å². The second kappa shape index (κ2) is 14.4. The molecule has 1 heterocycles. The number of rotatable bonds is 9. The van der Waals surface area contributed by atoms with Crippen LogP contribution in [0.25, 0.3) is 60.6 Å². The number of aromatic nitrogens is 1. The molecule has 8 rings (SSSR count). The first-order valence-corrected chi connectivity index (χ1v) is 17.1. The highest BCUT2D eigenvalue weighted by Gasteiger charge is 2.11. The molecular weight excluding hydrogens is 619 g/mol. The van der Waals surface area contributed by atoms with Crippen molar-refractivity contribution in [1.29, 1.82) is 0 Å². The molecular formula is C48H35N3.